The van der Waals surface area contributed by atoms with Crippen molar-refractivity contribution in [2.24, 2.45) is 0 Å². The number of carbonyl (C=O) groups is 2. The fraction of sp³-hybridized carbons (Fsp3) is 0.263. The number of hydrogen-bond donors (Lipinski definition) is 1. The van der Waals surface area contributed by atoms with E-state index in [-0.39, 0.29) is 10.6 Å². The number of hydrogen-bond acceptors (Lipinski definition) is 5. The molecule has 0 spiro atoms. The van der Waals surface area contributed by atoms with Crippen molar-refractivity contribution < 1.29 is 23.8 Å². The molecule has 1 N–H and O–H groups in total. The van der Waals surface area contributed by atoms with Gasteiger partial charge in [0.15, 0.2) is 17.6 Å². The number of benzene rings is 2. The molecule has 0 saturated carbocycles. The number of carbonyl (C=O) groups excluding carboxylic acids is 2. The van der Waals surface area contributed by atoms with Gasteiger partial charge in [-0.25, -0.2) is 4.79 Å². The Labute approximate surface area is 157 Å². The minimum Gasteiger partial charge on any atom is -0.493 e. The van der Waals surface area contributed by atoms with E-state index < -0.39 is 18.0 Å². The molecule has 1 atom stereocenters. The van der Waals surface area contributed by atoms with Crippen LogP contribution < -0.4 is 14.8 Å². The van der Waals surface area contributed by atoms with E-state index in [0.717, 1.165) is 5.56 Å². The van der Waals surface area contributed by atoms with Crippen LogP contribution in [0.1, 0.15) is 22.8 Å². The van der Waals surface area contributed by atoms with Gasteiger partial charge >= 0.3 is 5.97 Å². The third-order valence-electron chi connectivity index (χ3n) is 3.63. The first-order chi connectivity index (χ1) is 12.5. The lowest BCUT2D eigenvalue weighted by molar-refractivity contribution is -0.129. The molecule has 2 aromatic carbocycles. The van der Waals surface area contributed by atoms with E-state index in [0.29, 0.717) is 18.0 Å². The first-order valence-electron chi connectivity index (χ1n) is 7.90. The molecular weight excluding hydrogens is 358 g/mol. The van der Waals surface area contributed by atoms with E-state index in [9.17, 15) is 9.59 Å². The van der Waals surface area contributed by atoms with E-state index in [1.54, 1.807) is 0 Å². The fourth-order valence-electron chi connectivity index (χ4n) is 2.25. The molecule has 1 amide bonds. The number of halogens is 1. The van der Waals surface area contributed by atoms with Crippen molar-refractivity contribution in [3.05, 3.63) is 58.6 Å². The smallest absolute Gasteiger partial charge is 0.339 e. The summed E-state index contributed by atoms with van der Waals surface area (Å²) in [5.74, 6) is -0.462. The lowest BCUT2D eigenvalue weighted by Gasteiger charge is -2.15. The number of esters is 1. The second kappa shape index (κ2) is 9.10. The molecule has 7 heteroatoms. The van der Waals surface area contributed by atoms with Gasteiger partial charge in [-0.3, -0.25) is 4.79 Å². The highest BCUT2D eigenvalue weighted by atomic mass is 35.5. The fourth-order valence-corrected chi connectivity index (χ4v) is 2.53. The number of rotatable bonds is 7. The van der Waals surface area contributed by atoms with Crippen LogP contribution in [0.3, 0.4) is 0 Å². The summed E-state index contributed by atoms with van der Waals surface area (Å²) in [5, 5.41) is 2.93. The zero-order valence-electron chi connectivity index (χ0n) is 14.7. The molecule has 0 radical (unpaired) electrons. The minimum absolute atomic E-state index is 0.162. The van der Waals surface area contributed by atoms with Gasteiger partial charge in [-0.05, 0) is 24.6 Å². The van der Waals surface area contributed by atoms with Gasteiger partial charge in [-0.2, -0.15) is 0 Å². The van der Waals surface area contributed by atoms with Crippen molar-refractivity contribution in [3.8, 4) is 11.5 Å². The molecule has 0 aliphatic carbocycles. The van der Waals surface area contributed by atoms with Crippen molar-refractivity contribution in [2.45, 2.75) is 19.6 Å². The van der Waals surface area contributed by atoms with Crippen LogP contribution in [0.25, 0.3) is 0 Å². The highest BCUT2D eigenvalue weighted by Crippen LogP contribution is 2.36. The third-order valence-corrected chi connectivity index (χ3v) is 3.91. The lowest BCUT2D eigenvalue weighted by atomic mass is 10.2. The molecule has 0 heterocycles. The first-order valence-corrected chi connectivity index (χ1v) is 8.28. The quantitative estimate of drug-likeness (QED) is 0.750. The van der Waals surface area contributed by atoms with E-state index >= 15 is 0 Å². The van der Waals surface area contributed by atoms with Crippen LogP contribution in [0.4, 0.5) is 0 Å². The Kier molecular flexibility index (Phi) is 6.86. The maximum atomic E-state index is 12.3. The van der Waals surface area contributed by atoms with Gasteiger partial charge in [0.25, 0.3) is 5.91 Å². The van der Waals surface area contributed by atoms with Gasteiger partial charge in [0, 0.05) is 6.54 Å². The molecule has 0 saturated heterocycles. The van der Waals surface area contributed by atoms with Crippen molar-refractivity contribution in [1.82, 2.24) is 5.32 Å². The van der Waals surface area contributed by atoms with Crippen molar-refractivity contribution in [2.75, 3.05) is 14.2 Å². The van der Waals surface area contributed by atoms with Gasteiger partial charge in [0.05, 0.1) is 24.8 Å². The Balaban J connectivity index is 2.00. The maximum absolute atomic E-state index is 12.3. The highest BCUT2D eigenvalue weighted by Gasteiger charge is 2.21. The molecule has 2 aromatic rings. The van der Waals surface area contributed by atoms with Gasteiger partial charge in [0.2, 0.25) is 0 Å². The predicted octanol–water partition coefficient (Wildman–Crippen LogP) is 3.22. The molecule has 0 bridgehead atoms. The summed E-state index contributed by atoms with van der Waals surface area (Å²) in [6.45, 7) is 1.85. The lowest BCUT2D eigenvalue weighted by Crippen LogP contribution is -2.35. The van der Waals surface area contributed by atoms with E-state index in [4.69, 9.17) is 25.8 Å². The molecule has 1 unspecified atom stereocenters. The second-order valence-corrected chi connectivity index (χ2v) is 5.85. The van der Waals surface area contributed by atoms with Crippen LogP contribution in [0.15, 0.2) is 42.5 Å². The highest BCUT2D eigenvalue weighted by molar-refractivity contribution is 6.32. The van der Waals surface area contributed by atoms with Gasteiger partial charge < -0.3 is 19.5 Å². The summed E-state index contributed by atoms with van der Waals surface area (Å²) in [7, 11) is 2.88. The van der Waals surface area contributed by atoms with E-state index in [1.807, 2.05) is 30.3 Å². The Bertz CT molecular complexity index is 779. The number of nitrogens with one attached hydrogen (secondary N) is 1. The van der Waals surface area contributed by atoms with E-state index in [1.165, 1.54) is 33.3 Å². The molecule has 0 aliphatic heterocycles. The van der Waals surface area contributed by atoms with Crippen LogP contribution in [0.5, 0.6) is 11.5 Å². The summed E-state index contributed by atoms with van der Waals surface area (Å²) < 4.78 is 15.5. The Morgan fingerprint density at radius 2 is 1.81 bits per heavy atom. The first kappa shape index (κ1) is 19.6. The molecule has 0 aromatic heterocycles. The molecule has 26 heavy (non-hydrogen) atoms. The second-order valence-electron chi connectivity index (χ2n) is 5.44. The summed E-state index contributed by atoms with van der Waals surface area (Å²) >= 11 is 6.08. The summed E-state index contributed by atoms with van der Waals surface area (Å²) in [6, 6.07) is 12.3. The Morgan fingerprint density at radius 3 is 2.42 bits per heavy atom. The molecule has 0 aliphatic rings. The minimum atomic E-state index is -0.960. The SMILES string of the molecule is COc1cc(C(=O)OC(C)C(=O)NCc2ccccc2)cc(Cl)c1OC. The van der Waals surface area contributed by atoms with Crippen LogP contribution in [0.2, 0.25) is 5.02 Å². The molecular formula is C19H20ClNO5. The van der Waals surface area contributed by atoms with Crippen LogP contribution >= 0.6 is 11.6 Å². The number of methoxy groups -OCH3 is 2. The van der Waals surface area contributed by atoms with Crippen LogP contribution in [-0.4, -0.2) is 32.2 Å². The van der Waals surface area contributed by atoms with Gasteiger partial charge in [0.1, 0.15) is 0 Å². The Morgan fingerprint density at radius 1 is 1.12 bits per heavy atom. The van der Waals surface area contributed by atoms with Gasteiger partial charge in [-0.1, -0.05) is 41.9 Å². The normalized spacial score (nSPS) is 11.4. The zero-order valence-corrected chi connectivity index (χ0v) is 15.5. The Hall–Kier alpha value is -2.73. The van der Waals surface area contributed by atoms with Gasteiger partial charge in [-0.15, -0.1) is 0 Å². The van der Waals surface area contributed by atoms with Crippen molar-refractivity contribution in [3.63, 3.8) is 0 Å². The van der Waals surface area contributed by atoms with E-state index in [2.05, 4.69) is 5.32 Å². The van der Waals surface area contributed by atoms with Crippen LogP contribution in [-0.2, 0) is 16.1 Å². The zero-order chi connectivity index (χ0) is 19.1. The van der Waals surface area contributed by atoms with Crippen molar-refractivity contribution >= 4 is 23.5 Å². The average Bonchev–Trinajstić information content (AvgIpc) is 2.65. The maximum Gasteiger partial charge on any atom is 0.339 e. The van der Waals surface area contributed by atoms with Crippen molar-refractivity contribution in [1.29, 1.82) is 0 Å². The standard InChI is InChI=1S/C19H20ClNO5/c1-12(18(22)21-11-13-7-5-4-6-8-13)26-19(23)14-9-15(20)17(25-3)16(10-14)24-2/h4-10,12H,11H2,1-3H3,(H,21,22). The monoisotopic (exact) mass is 377 g/mol. The largest absolute Gasteiger partial charge is 0.493 e. The van der Waals surface area contributed by atoms with Crippen LogP contribution in [0, 0.1) is 0 Å². The number of amides is 1. The average molecular weight is 378 g/mol. The summed E-state index contributed by atoms with van der Waals surface area (Å²) in [5.41, 5.74) is 1.11. The third kappa shape index (κ3) is 4.89. The molecule has 138 valence electrons. The topological polar surface area (TPSA) is 73.9 Å². The molecule has 0 fully saturated rings. The molecule has 6 nitrogen and oxygen atoms in total. The number of ether oxygens (including phenoxy) is 3. The summed E-state index contributed by atoms with van der Waals surface area (Å²) in [6.07, 6.45) is -0.960. The molecule has 2 rings (SSSR count). The predicted molar refractivity (Wildman–Crippen MR) is 97.7 cm³/mol. The summed E-state index contributed by atoms with van der Waals surface area (Å²) in [4.78, 5) is 24.4.